The van der Waals surface area contributed by atoms with Crippen molar-refractivity contribution in [1.29, 1.82) is 0 Å². The molecule has 0 N–H and O–H groups in total. The van der Waals surface area contributed by atoms with Crippen molar-refractivity contribution in [3.8, 4) is 0 Å². The number of nitrogens with zero attached hydrogens (tertiary/aromatic N) is 3. The van der Waals surface area contributed by atoms with Crippen molar-refractivity contribution in [1.82, 2.24) is 13.7 Å². The van der Waals surface area contributed by atoms with Crippen LogP contribution in [0.2, 0.25) is 12.1 Å². The standard InChI is InChI=1S/C22H45N3O9Si2/c1-8-9-10-15-23-20(26)24(16-11-13-18-35(29-2,30-3)31-4)22(28)25(21(23)27)17-12-14-19-36(32-5,33-6)34-7/h8-19H2,1-7H3. The van der Waals surface area contributed by atoms with Gasteiger partial charge < -0.3 is 26.6 Å². The first-order chi connectivity index (χ1) is 17.2. The van der Waals surface area contributed by atoms with E-state index < -0.39 is 34.7 Å². The van der Waals surface area contributed by atoms with Crippen molar-refractivity contribution in [2.75, 3.05) is 42.7 Å². The third kappa shape index (κ3) is 8.58. The molecule has 0 radical (unpaired) electrons. The van der Waals surface area contributed by atoms with Crippen molar-refractivity contribution in [3.63, 3.8) is 0 Å². The Morgan fingerprint density at radius 1 is 0.500 bits per heavy atom. The highest BCUT2D eigenvalue weighted by molar-refractivity contribution is 6.60. The molecule has 36 heavy (non-hydrogen) atoms. The molecule has 0 bridgehead atoms. The molecule has 14 heteroatoms. The minimum atomic E-state index is -2.74. The average molecular weight is 552 g/mol. The van der Waals surface area contributed by atoms with E-state index in [2.05, 4.69) is 6.92 Å². The van der Waals surface area contributed by atoms with Crippen LogP contribution < -0.4 is 17.1 Å². The molecular weight excluding hydrogens is 506 g/mol. The van der Waals surface area contributed by atoms with E-state index >= 15 is 0 Å². The van der Waals surface area contributed by atoms with Crippen molar-refractivity contribution >= 4 is 17.6 Å². The van der Waals surface area contributed by atoms with E-state index in [0.29, 0.717) is 44.2 Å². The van der Waals surface area contributed by atoms with Crippen LogP contribution in [0.3, 0.4) is 0 Å². The van der Waals surface area contributed by atoms with Gasteiger partial charge in [0.15, 0.2) is 0 Å². The molecular formula is C22H45N3O9Si2. The van der Waals surface area contributed by atoms with E-state index in [-0.39, 0.29) is 19.6 Å². The number of aromatic nitrogens is 3. The predicted molar refractivity (Wildman–Crippen MR) is 140 cm³/mol. The lowest BCUT2D eigenvalue weighted by Gasteiger charge is -2.24. The summed E-state index contributed by atoms with van der Waals surface area (Å²) in [6.45, 7) is 2.72. The van der Waals surface area contributed by atoms with Gasteiger partial charge in [-0.1, -0.05) is 19.8 Å². The van der Waals surface area contributed by atoms with Crippen LogP contribution in [0.4, 0.5) is 0 Å². The van der Waals surface area contributed by atoms with Gasteiger partial charge in [0, 0.05) is 74.4 Å². The number of hydrogen-bond acceptors (Lipinski definition) is 9. The van der Waals surface area contributed by atoms with E-state index in [1.54, 1.807) is 42.7 Å². The molecule has 0 saturated heterocycles. The minimum absolute atomic E-state index is 0.195. The molecule has 210 valence electrons. The first kappa shape index (κ1) is 32.6. The van der Waals surface area contributed by atoms with Crippen LogP contribution in [-0.2, 0) is 46.2 Å². The topological polar surface area (TPSA) is 121 Å². The predicted octanol–water partition coefficient (Wildman–Crippen LogP) is 1.68. The van der Waals surface area contributed by atoms with Gasteiger partial charge >= 0.3 is 34.7 Å². The zero-order valence-corrected chi connectivity index (χ0v) is 25.0. The van der Waals surface area contributed by atoms with Crippen LogP contribution >= 0.6 is 0 Å². The van der Waals surface area contributed by atoms with E-state index in [9.17, 15) is 14.4 Å². The second-order valence-corrected chi connectivity index (χ2v) is 14.7. The Hall–Kier alpha value is -1.40. The molecule has 0 aromatic carbocycles. The number of hydrogen-bond donors (Lipinski definition) is 0. The third-order valence-electron chi connectivity index (χ3n) is 6.47. The Morgan fingerprint density at radius 2 is 0.778 bits per heavy atom. The van der Waals surface area contributed by atoms with Gasteiger partial charge in [-0.2, -0.15) is 0 Å². The molecule has 1 rings (SSSR count). The van der Waals surface area contributed by atoms with Gasteiger partial charge in [-0.3, -0.25) is 0 Å². The van der Waals surface area contributed by atoms with E-state index in [1.165, 1.54) is 13.7 Å². The quantitative estimate of drug-likeness (QED) is 0.176. The fourth-order valence-corrected chi connectivity index (χ4v) is 7.70. The Balaban J connectivity index is 3.10. The number of rotatable bonds is 20. The van der Waals surface area contributed by atoms with Gasteiger partial charge in [0.2, 0.25) is 0 Å². The summed E-state index contributed by atoms with van der Waals surface area (Å²) in [5.41, 5.74) is -1.70. The van der Waals surface area contributed by atoms with E-state index in [1.807, 2.05) is 0 Å². The van der Waals surface area contributed by atoms with Gasteiger partial charge in [0.25, 0.3) is 0 Å². The lowest BCUT2D eigenvalue weighted by molar-refractivity contribution is 0.122. The highest BCUT2D eigenvalue weighted by Gasteiger charge is 2.37. The summed E-state index contributed by atoms with van der Waals surface area (Å²) in [5, 5.41) is 0. The zero-order valence-electron chi connectivity index (χ0n) is 23.0. The molecule has 0 aliphatic carbocycles. The minimum Gasteiger partial charge on any atom is -0.377 e. The SMILES string of the molecule is CCCCCn1c(=O)n(CCCC[Si](OC)(OC)OC)c(=O)n(CCCC[Si](OC)(OC)OC)c1=O. The Morgan fingerprint density at radius 3 is 1.03 bits per heavy atom. The molecule has 0 unspecified atom stereocenters. The maximum absolute atomic E-state index is 13.2. The summed E-state index contributed by atoms with van der Waals surface area (Å²) in [6.07, 6.45) is 4.89. The van der Waals surface area contributed by atoms with Crippen LogP contribution in [0, 0.1) is 0 Å². The van der Waals surface area contributed by atoms with Crippen molar-refractivity contribution in [2.45, 2.75) is 83.6 Å². The van der Waals surface area contributed by atoms with Crippen LogP contribution in [-0.4, -0.2) is 74.0 Å². The van der Waals surface area contributed by atoms with E-state index in [4.69, 9.17) is 26.6 Å². The zero-order chi connectivity index (χ0) is 27.2. The average Bonchev–Trinajstić information content (AvgIpc) is 2.90. The number of unbranched alkanes of at least 4 members (excludes halogenated alkanes) is 4. The van der Waals surface area contributed by atoms with E-state index in [0.717, 1.165) is 12.8 Å². The highest BCUT2D eigenvalue weighted by atomic mass is 28.4. The largest absolute Gasteiger partial charge is 0.500 e. The highest BCUT2D eigenvalue weighted by Crippen LogP contribution is 2.17. The first-order valence-electron chi connectivity index (χ1n) is 12.5. The second kappa shape index (κ2) is 16.4. The molecule has 1 aromatic heterocycles. The molecule has 0 spiro atoms. The maximum atomic E-state index is 13.2. The van der Waals surface area contributed by atoms with Gasteiger partial charge in [-0.15, -0.1) is 0 Å². The molecule has 1 aromatic rings. The van der Waals surface area contributed by atoms with Crippen LogP contribution in [0.25, 0.3) is 0 Å². The molecule has 0 saturated carbocycles. The van der Waals surface area contributed by atoms with Gasteiger partial charge in [-0.25, -0.2) is 28.1 Å². The van der Waals surface area contributed by atoms with Crippen molar-refractivity contribution < 1.29 is 26.6 Å². The lowest BCUT2D eigenvalue weighted by Crippen LogP contribution is -2.54. The summed E-state index contributed by atoms with van der Waals surface area (Å²) in [5.74, 6) is 0. The molecule has 0 amide bonds. The third-order valence-corrected chi connectivity index (χ3v) is 12.1. The van der Waals surface area contributed by atoms with Crippen LogP contribution in [0.15, 0.2) is 14.4 Å². The lowest BCUT2D eigenvalue weighted by atomic mass is 10.2. The van der Waals surface area contributed by atoms with Crippen molar-refractivity contribution in [2.24, 2.45) is 0 Å². The Bertz CT molecular complexity index is 857. The Labute approximate surface area is 215 Å². The monoisotopic (exact) mass is 551 g/mol. The first-order valence-corrected chi connectivity index (χ1v) is 16.4. The van der Waals surface area contributed by atoms with Crippen molar-refractivity contribution in [3.05, 3.63) is 31.5 Å². The van der Waals surface area contributed by atoms with Crippen LogP contribution in [0.5, 0.6) is 0 Å². The van der Waals surface area contributed by atoms with Gasteiger partial charge in [-0.05, 0) is 32.1 Å². The summed E-state index contributed by atoms with van der Waals surface area (Å²) >= 11 is 0. The van der Waals surface area contributed by atoms with Crippen LogP contribution in [0.1, 0.15) is 51.9 Å². The normalized spacial score (nSPS) is 12.4. The molecule has 0 aliphatic rings. The fraction of sp³-hybridized carbons (Fsp3) is 0.864. The molecule has 0 aliphatic heterocycles. The smallest absolute Gasteiger partial charge is 0.377 e. The fourth-order valence-electron chi connectivity index (χ4n) is 4.11. The molecule has 0 fully saturated rings. The molecule has 0 atom stereocenters. The van der Waals surface area contributed by atoms with Gasteiger partial charge in [0.05, 0.1) is 0 Å². The van der Waals surface area contributed by atoms with Gasteiger partial charge in [0.1, 0.15) is 0 Å². The Kier molecular flexibility index (Phi) is 14.9. The second-order valence-electron chi connectivity index (χ2n) is 8.51. The summed E-state index contributed by atoms with van der Waals surface area (Å²) in [7, 11) is 3.82. The maximum Gasteiger partial charge on any atom is 0.500 e. The molecule has 1 heterocycles. The summed E-state index contributed by atoms with van der Waals surface area (Å²) < 4.78 is 36.2. The summed E-state index contributed by atoms with van der Waals surface area (Å²) in [6, 6.07) is 1.11. The summed E-state index contributed by atoms with van der Waals surface area (Å²) in [4.78, 5) is 39.4. The molecule has 12 nitrogen and oxygen atoms in total.